The summed E-state index contributed by atoms with van der Waals surface area (Å²) < 4.78 is 0. The molecule has 0 amide bonds. The van der Waals surface area contributed by atoms with E-state index in [2.05, 4.69) is 11.6 Å². The van der Waals surface area contributed by atoms with E-state index in [1.165, 1.54) is 25.0 Å². The number of carboxylic acids is 1. The quantitative estimate of drug-likeness (QED) is 0.671. The van der Waals surface area contributed by atoms with Gasteiger partial charge >= 0.3 is 5.97 Å². The molecule has 0 spiro atoms. The van der Waals surface area contributed by atoms with Gasteiger partial charge in [0.25, 0.3) is 0 Å². The molecule has 0 heterocycles. The van der Waals surface area contributed by atoms with Gasteiger partial charge in [-0.3, -0.25) is 0 Å². The summed E-state index contributed by atoms with van der Waals surface area (Å²) in [5.41, 5.74) is 2.16. The molecule has 2 N–H and O–H groups in total. The van der Waals surface area contributed by atoms with E-state index in [-0.39, 0.29) is 0 Å². The van der Waals surface area contributed by atoms with Gasteiger partial charge in [0.15, 0.2) is 0 Å². The third kappa shape index (κ3) is 6.01. The number of unbranched alkanes of at least 4 members (excludes halogenated alkanes) is 3. The van der Waals surface area contributed by atoms with Gasteiger partial charge in [0.05, 0.1) is 5.56 Å². The first kappa shape index (κ1) is 15.9. The Kier molecular flexibility index (Phi) is 7.41. The van der Waals surface area contributed by atoms with Crippen molar-refractivity contribution in [1.29, 1.82) is 0 Å². The number of thioether (sulfide) groups is 1. The number of rotatable bonds is 9. The van der Waals surface area contributed by atoms with Crippen LogP contribution in [0.3, 0.4) is 0 Å². The Bertz CT molecular complexity index is 407. The summed E-state index contributed by atoms with van der Waals surface area (Å²) >= 11 is 1.89. The average Bonchev–Trinajstić information content (AvgIpc) is 2.37. The van der Waals surface area contributed by atoms with Crippen molar-refractivity contribution in [3.8, 4) is 0 Å². The molecule has 0 bridgehead atoms. The monoisotopic (exact) mass is 281 g/mol. The number of aryl methyl sites for hydroxylation is 1. The van der Waals surface area contributed by atoms with Crippen LogP contribution in [0.4, 0.5) is 5.69 Å². The van der Waals surface area contributed by atoms with E-state index in [1.54, 1.807) is 6.07 Å². The predicted octanol–water partition coefficient (Wildman–Crippen LogP) is 4.03. The minimum absolute atomic E-state index is 0.355. The van der Waals surface area contributed by atoms with Crippen LogP contribution >= 0.6 is 11.8 Å². The molecular weight excluding hydrogens is 258 g/mol. The summed E-state index contributed by atoms with van der Waals surface area (Å²) in [4.78, 5) is 11.1. The van der Waals surface area contributed by atoms with Crippen LogP contribution < -0.4 is 5.32 Å². The number of hydrogen-bond donors (Lipinski definition) is 2. The van der Waals surface area contributed by atoms with Crippen molar-refractivity contribution in [2.24, 2.45) is 0 Å². The Labute approximate surface area is 119 Å². The largest absolute Gasteiger partial charge is 0.478 e. The van der Waals surface area contributed by atoms with Crippen molar-refractivity contribution in [2.45, 2.75) is 32.6 Å². The van der Waals surface area contributed by atoms with Crippen LogP contribution in [-0.2, 0) is 0 Å². The van der Waals surface area contributed by atoms with Gasteiger partial charge in [-0.05, 0) is 49.5 Å². The molecule has 0 atom stereocenters. The molecule has 1 aromatic rings. The Hall–Kier alpha value is -1.16. The zero-order chi connectivity index (χ0) is 14.1. The minimum atomic E-state index is -0.873. The minimum Gasteiger partial charge on any atom is -0.478 e. The fourth-order valence-corrected chi connectivity index (χ4v) is 2.43. The Morgan fingerprint density at radius 3 is 2.68 bits per heavy atom. The Morgan fingerprint density at radius 1 is 1.26 bits per heavy atom. The van der Waals surface area contributed by atoms with Gasteiger partial charge in [-0.1, -0.05) is 18.9 Å². The fourth-order valence-electron chi connectivity index (χ4n) is 1.94. The fraction of sp³-hybridized carbons (Fsp3) is 0.533. The summed E-state index contributed by atoms with van der Waals surface area (Å²) in [5.74, 6) is 0.358. The normalized spacial score (nSPS) is 10.4. The topological polar surface area (TPSA) is 49.3 Å². The molecule has 0 aliphatic heterocycles. The summed E-state index contributed by atoms with van der Waals surface area (Å²) in [6, 6.07) is 5.40. The van der Waals surface area contributed by atoms with Crippen LogP contribution in [0.2, 0.25) is 0 Å². The third-order valence-electron chi connectivity index (χ3n) is 3.00. The number of aromatic carboxylic acids is 1. The molecule has 0 saturated carbocycles. The van der Waals surface area contributed by atoms with Crippen molar-refractivity contribution in [3.05, 3.63) is 29.3 Å². The number of carbonyl (C=O) groups is 1. The van der Waals surface area contributed by atoms with E-state index < -0.39 is 5.97 Å². The molecule has 0 aliphatic carbocycles. The van der Waals surface area contributed by atoms with Gasteiger partial charge in [-0.25, -0.2) is 4.79 Å². The number of hydrogen-bond acceptors (Lipinski definition) is 3. The van der Waals surface area contributed by atoms with Crippen molar-refractivity contribution < 1.29 is 9.90 Å². The molecule has 0 saturated heterocycles. The number of benzene rings is 1. The lowest BCUT2D eigenvalue weighted by Gasteiger charge is -2.10. The van der Waals surface area contributed by atoms with Crippen LogP contribution in [-0.4, -0.2) is 29.6 Å². The lowest BCUT2D eigenvalue weighted by molar-refractivity contribution is 0.0698. The zero-order valence-electron chi connectivity index (χ0n) is 11.7. The SMILES string of the molecule is CSCCCCCCNc1cc(C)ccc1C(=O)O. The predicted molar refractivity (Wildman–Crippen MR) is 83.5 cm³/mol. The smallest absolute Gasteiger partial charge is 0.337 e. The second-order valence-corrected chi connectivity index (χ2v) is 5.67. The van der Waals surface area contributed by atoms with Gasteiger partial charge in [0.1, 0.15) is 0 Å². The van der Waals surface area contributed by atoms with Gasteiger partial charge in [0.2, 0.25) is 0 Å². The first-order valence-corrected chi connectivity index (χ1v) is 8.11. The first-order chi connectivity index (χ1) is 9.15. The summed E-state index contributed by atoms with van der Waals surface area (Å²) in [6.45, 7) is 2.81. The van der Waals surface area contributed by atoms with Gasteiger partial charge in [-0.15, -0.1) is 0 Å². The Balaban J connectivity index is 2.36. The van der Waals surface area contributed by atoms with Crippen molar-refractivity contribution in [1.82, 2.24) is 0 Å². The molecule has 0 radical (unpaired) electrons. The highest BCUT2D eigenvalue weighted by Gasteiger charge is 2.09. The maximum atomic E-state index is 11.1. The molecule has 0 unspecified atom stereocenters. The summed E-state index contributed by atoms with van der Waals surface area (Å²) in [6.07, 6.45) is 6.93. The van der Waals surface area contributed by atoms with E-state index in [0.717, 1.165) is 24.2 Å². The van der Waals surface area contributed by atoms with Crippen molar-refractivity contribution >= 4 is 23.4 Å². The van der Waals surface area contributed by atoms with Crippen LogP contribution in [0, 0.1) is 6.92 Å². The Morgan fingerprint density at radius 2 is 2.00 bits per heavy atom. The highest BCUT2D eigenvalue weighted by atomic mass is 32.2. The molecule has 4 heteroatoms. The first-order valence-electron chi connectivity index (χ1n) is 6.72. The molecule has 1 rings (SSSR count). The maximum Gasteiger partial charge on any atom is 0.337 e. The lowest BCUT2D eigenvalue weighted by Crippen LogP contribution is -2.08. The molecule has 106 valence electrons. The molecule has 1 aromatic carbocycles. The van der Waals surface area contributed by atoms with Crippen LogP contribution in [0.5, 0.6) is 0 Å². The van der Waals surface area contributed by atoms with Crippen molar-refractivity contribution in [3.63, 3.8) is 0 Å². The number of nitrogens with one attached hydrogen (secondary N) is 1. The van der Waals surface area contributed by atoms with Gasteiger partial charge in [0, 0.05) is 12.2 Å². The summed E-state index contributed by atoms with van der Waals surface area (Å²) in [5, 5.41) is 12.4. The van der Waals surface area contributed by atoms with Gasteiger partial charge in [-0.2, -0.15) is 11.8 Å². The zero-order valence-corrected chi connectivity index (χ0v) is 12.6. The second-order valence-electron chi connectivity index (χ2n) is 4.69. The van der Waals surface area contributed by atoms with E-state index in [9.17, 15) is 4.79 Å². The van der Waals surface area contributed by atoms with Crippen molar-refractivity contribution in [2.75, 3.05) is 23.9 Å². The number of anilines is 1. The second kappa shape index (κ2) is 8.86. The van der Waals surface area contributed by atoms with E-state index in [4.69, 9.17) is 5.11 Å². The number of carboxylic acid groups (broad SMARTS) is 1. The van der Waals surface area contributed by atoms with Gasteiger partial charge < -0.3 is 10.4 Å². The lowest BCUT2D eigenvalue weighted by atomic mass is 10.1. The highest BCUT2D eigenvalue weighted by Crippen LogP contribution is 2.18. The van der Waals surface area contributed by atoms with Crippen LogP contribution in [0.25, 0.3) is 0 Å². The van der Waals surface area contributed by atoms with E-state index in [1.807, 2.05) is 30.8 Å². The van der Waals surface area contributed by atoms with Crippen LogP contribution in [0.1, 0.15) is 41.6 Å². The average molecular weight is 281 g/mol. The molecule has 19 heavy (non-hydrogen) atoms. The standard InChI is InChI=1S/C15H23NO2S/c1-12-7-8-13(15(17)18)14(11-12)16-9-5-3-4-6-10-19-2/h7-8,11,16H,3-6,9-10H2,1-2H3,(H,17,18). The van der Waals surface area contributed by atoms with E-state index in [0.29, 0.717) is 5.56 Å². The van der Waals surface area contributed by atoms with E-state index >= 15 is 0 Å². The summed E-state index contributed by atoms with van der Waals surface area (Å²) in [7, 11) is 0. The third-order valence-corrected chi connectivity index (χ3v) is 3.69. The molecule has 0 fully saturated rings. The maximum absolute atomic E-state index is 11.1. The molecule has 0 aromatic heterocycles. The van der Waals surface area contributed by atoms with Crippen LogP contribution in [0.15, 0.2) is 18.2 Å². The molecular formula is C15H23NO2S. The highest BCUT2D eigenvalue weighted by molar-refractivity contribution is 7.98. The molecule has 0 aliphatic rings. The molecule has 3 nitrogen and oxygen atoms in total.